The van der Waals surface area contributed by atoms with Crippen molar-refractivity contribution in [2.24, 2.45) is 0 Å². The first-order valence-corrected chi connectivity index (χ1v) is 9.74. The Morgan fingerprint density at radius 3 is 2.64 bits per heavy atom. The first-order chi connectivity index (χ1) is 13.1. The predicted octanol–water partition coefficient (Wildman–Crippen LogP) is 2.24. The molecule has 3 rings (SSSR count). The van der Waals surface area contributed by atoms with Gasteiger partial charge in [0.05, 0.1) is 0 Å². The largest absolute Gasteiger partial charge is 0.355 e. The quantitative estimate of drug-likeness (QED) is 0.698. The monoisotopic (exact) mass is 407 g/mol. The van der Waals surface area contributed by atoms with Crippen molar-refractivity contribution in [3.8, 4) is 11.4 Å². The number of halogens is 1. The highest BCUT2D eigenvalue weighted by Gasteiger charge is 2.12. The fraction of sp³-hybridized carbons (Fsp3) is 0.550. The third-order valence-electron chi connectivity index (χ3n) is 4.83. The third kappa shape index (κ3) is 6.58. The molecule has 0 bridgehead atoms. The van der Waals surface area contributed by atoms with Gasteiger partial charge in [0, 0.05) is 57.7 Å². The molecule has 0 spiro atoms. The smallest absolute Gasteiger partial charge is 0.227 e. The van der Waals surface area contributed by atoms with Crippen LogP contribution in [-0.2, 0) is 11.2 Å². The zero-order chi connectivity index (χ0) is 19.1. The van der Waals surface area contributed by atoms with E-state index in [-0.39, 0.29) is 18.3 Å². The summed E-state index contributed by atoms with van der Waals surface area (Å²) in [5.41, 5.74) is 2.20. The molecule has 1 aromatic heterocycles. The molecule has 1 saturated heterocycles. The van der Waals surface area contributed by atoms with Gasteiger partial charge in [-0.25, -0.2) is 0 Å². The Hall–Kier alpha value is -1.96. The van der Waals surface area contributed by atoms with E-state index in [2.05, 4.69) is 51.7 Å². The second-order valence-electron chi connectivity index (χ2n) is 7.23. The van der Waals surface area contributed by atoms with E-state index in [1.165, 1.54) is 5.56 Å². The summed E-state index contributed by atoms with van der Waals surface area (Å²) in [6.45, 7) is 10.0. The lowest BCUT2D eigenvalue weighted by Crippen LogP contribution is -2.46. The van der Waals surface area contributed by atoms with Gasteiger partial charge in [0.25, 0.3) is 0 Å². The predicted molar refractivity (Wildman–Crippen MR) is 112 cm³/mol. The summed E-state index contributed by atoms with van der Waals surface area (Å²) in [6.07, 6.45) is 0.812. The molecule has 2 aromatic rings. The topological polar surface area (TPSA) is 83.3 Å². The van der Waals surface area contributed by atoms with Gasteiger partial charge in [0.15, 0.2) is 0 Å². The van der Waals surface area contributed by atoms with Crippen molar-refractivity contribution >= 4 is 18.3 Å². The number of piperazine rings is 1. The number of hydrogen-bond acceptors (Lipinski definition) is 6. The van der Waals surface area contributed by atoms with Crippen molar-refractivity contribution in [2.45, 2.75) is 32.6 Å². The molecule has 28 heavy (non-hydrogen) atoms. The Labute approximate surface area is 172 Å². The molecular weight excluding hydrogens is 378 g/mol. The number of hydrogen-bond donors (Lipinski definition) is 2. The number of carbonyl (C=O) groups is 1. The van der Waals surface area contributed by atoms with E-state index in [9.17, 15) is 4.79 Å². The number of nitrogens with zero attached hydrogens (tertiary/aromatic N) is 3. The minimum Gasteiger partial charge on any atom is -0.355 e. The van der Waals surface area contributed by atoms with E-state index in [1.807, 2.05) is 12.1 Å². The van der Waals surface area contributed by atoms with Crippen LogP contribution in [0.5, 0.6) is 0 Å². The van der Waals surface area contributed by atoms with Crippen LogP contribution in [0.15, 0.2) is 28.8 Å². The maximum atomic E-state index is 12.0. The van der Waals surface area contributed by atoms with Gasteiger partial charge >= 0.3 is 0 Å². The van der Waals surface area contributed by atoms with E-state index in [0.717, 1.165) is 38.3 Å². The summed E-state index contributed by atoms with van der Waals surface area (Å²) in [5.74, 6) is 1.57. The first kappa shape index (κ1) is 22.3. The second-order valence-corrected chi connectivity index (χ2v) is 7.23. The van der Waals surface area contributed by atoms with Gasteiger partial charge in [0.2, 0.25) is 17.6 Å². The summed E-state index contributed by atoms with van der Waals surface area (Å²) < 4.78 is 5.29. The maximum Gasteiger partial charge on any atom is 0.227 e. The van der Waals surface area contributed by atoms with Gasteiger partial charge in [-0.2, -0.15) is 4.98 Å². The number of amides is 1. The Morgan fingerprint density at radius 1 is 1.25 bits per heavy atom. The molecule has 8 heteroatoms. The standard InChI is InChI=1S/C20H29N5O2.ClH/c1-15(2)16-3-5-17(6-4-16)20-23-19(27-24-20)8-7-18(26)22-11-14-25-12-9-21-10-13-25;/h3-6,15,21H,7-14H2,1-2H3,(H,22,26);1H. The van der Waals surface area contributed by atoms with Crippen LogP contribution < -0.4 is 10.6 Å². The van der Waals surface area contributed by atoms with Crippen LogP contribution in [0, 0.1) is 0 Å². The van der Waals surface area contributed by atoms with Gasteiger partial charge in [-0.3, -0.25) is 9.69 Å². The first-order valence-electron chi connectivity index (χ1n) is 9.74. The number of nitrogens with one attached hydrogen (secondary N) is 2. The molecule has 154 valence electrons. The molecular formula is C20H30ClN5O2. The highest BCUT2D eigenvalue weighted by Crippen LogP contribution is 2.20. The van der Waals surface area contributed by atoms with Crippen LogP contribution in [0.3, 0.4) is 0 Å². The van der Waals surface area contributed by atoms with Crippen LogP contribution in [0.2, 0.25) is 0 Å². The molecule has 0 unspecified atom stereocenters. The third-order valence-corrected chi connectivity index (χ3v) is 4.83. The summed E-state index contributed by atoms with van der Waals surface area (Å²) in [7, 11) is 0. The van der Waals surface area contributed by atoms with Crippen LogP contribution in [0.4, 0.5) is 0 Å². The van der Waals surface area contributed by atoms with Crippen LogP contribution in [0.1, 0.15) is 37.6 Å². The van der Waals surface area contributed by atoms with Crippen molar-refractivity contribution in [2.75, 3.05) is 39.3 Å². The molecule has 1 aliphatic rings. The number of benzene rings is 1. The molecule has 7 nitrogen and oxygen atoms in total. The van der Waals surface area contributed by atoms with Crippen molar-refractivity contribution < 1.29 is 9.32 Å². The van der Waals surface area contributed by atoms with Gasteiger partial charge in [-0.1, -0.05) is 43.3 Å². The van der Waals surface area contributed by atoms with Crippen LogP contribution in [0.25, 0.3) is 11.4 Å². The van der Waals surface area contributed by atoms with E-state index in [4.69, 9.17) is 4.52 Å². The Morgan fingerprint density at radius 2 is 1.96 bits per heavy atom. The molecule has 1 amide bonds. The van der Waals surface area contributed by atoms with Gasteiger partial charge < -0.3 is 15.2 Å². The summed E-state index contributed by atoms with van der Waals surface area (Å²) in [4.78, 5) is 18.8. The van der Waals surface area contributed by atoms with Crippen molar-refractivity contribution in [1.29, 1.82) is 0 Å². The zero-order valence-corrected chi connectivity index (χ0v) is 17.4. The lowest BCUT2D eigenvalue weighted by atomic mass is 10.0. The molecule has 0 atom stereocenters. The van der Waals surface area contributed by atoms with Crippen molar-refractivity contribution in [3.63, 3.8) is 0 Å². The zero-order valence-electron chi connectivity index (χ0n) is 16.6. The fourth-order valence-corrected chi connectivity index (χ4v) is 3.09. The Balaban J connectivity index is 0.00000280. The van der Waals surface area contributed by atoms with E-state index >= 15 is 0 Å². The van der Waals surface area contributed by atoms with Crippen LogP contribution >= 0.6 is 12.4 Å². The number of carbonyl (C=O) groups excluding carboxylic acids is 1. The molecule has 1 fully saturated rings. The van der Waals surface area contributed by atoms with Gasteiger partial charge in [0.1, 0.15) is 0 Å². The molecule has 0 saturated carbocycles. The normalized spacial score (nSPS) is 14.7. The Kier molecular flexibility index (Phi) is 8.89. The van der Waals surface area contributed by atoms with Crippen molar-refractivity contribution in [3.05, 3.63) is 35.7 Å². The maximum absolute atomic E-state index is 12.0. The molecule has 0 aliphatic carbocycles. The van der Waals surface area contributed by atoms with E-state index in [1.54, 1.807) is 0 Å². The molecule has 0 radical (unpaired) electrons. The fourth-order valence-electron chi connectivity index (χ4n) is 3.09. The summed E-state index contributed by atoms with van der Waals surface area (Å²) >= 11 is 0. The highest BCUT2D eigenvalue weighted by atomic mass is 35.5. The number of aryl methyl sites for hydroxylation is 1. The molecule has 2 N–H and O–H groups in total. The van der Waals surface area contributed by atoms with Crippen LogP contribution in [-0.4, -0.2) is 60.2 Å². The lowest BCUT2D eigenvalue weighted by Gasteiger charge is -2.27. The minimum absolute atomic E-state index is 0. The Bertz CT molecular complexity index is 726. The van der Waals surface area contributed by atoms with Gasteiger partial charge in [-0.15, -0.1) is 12.4 Å². The van der Waals surface area contributed by atoms with E-state index in [0.29, 0.717) is 37.0 Å². The SMILES string of the molecule is CC(C)c1ccc(-c2noc(CCC(=O)NCCN3CCNCC3)n2)cc1.Cl. The van der Waals surface area contributed by atoms with Crippen molar-refractivity contribution in [1.82, 2.24) is 25.7 Å². The molecule has 1 aliphatic heterocycles. The highest BCUT2D eigenvalue weighted by molar-refractivity contribution is 5.85. The average Bonchev–Trinajstić information content (AvgIpc) is 3.16. The molecule has 2 heterocycles. The second kappa shape index (κ2) is 11.1. The summed E-state index contributed by atoms with van der Waals surface area (Å²) in [6, 6.07) is 8.18. The van der Waals surface area contributed by atoms with Gasteiger partial charge in [-0.05, 0) is 11.5 Å². The minimum atomic E-state index is 0. The number of rotatable bonds is 8. The lowest BCUT2D eigenvalue weighted by molar-refractivity contribution is -0.121. The number of aromatic nitrogens is 2. The average molecular weight is 408 g/mol. The summed E-state index contributed by atoms with van der Waals surface area (Å²) in [5, 5.41) is 10.3. The molecule has 1 aromatic carbocycles. The van der Waals surface area contributed by atoms with E-state index < -0.39 is 0 Å².